The van der Waals surface area contributed by atoms with Gasteiger partial charge in [-0.1, -0.05) is 18.2 Å². The van der Waals surface area contributed by atoms with Crippen LogP contribution in [0.4, 0.5) is 5.69 Å². The highest BCUT2D eigenvalue weighted by Crippen LogP contribution is 2.17. The van der Waals surface area contributed by atoms with Gasteiger partial charge in [0.2, 0.25) is 0 Å². The summed E-state index contributed by atoms with van der Waals surface area (Å²) in [6.07, 6.45) is 1.57. The molecule has 1 aromatic carbocycles. The van der Waals surface area contributed by atoms with Crippen LogP contribution in [0.25, 0.3) is 0 Å². The number of aryl methyl sites for hydroxylation is 1. The van der Waals surface area contributed by atoms with Gasteiger partial charge in [0.1, 0.15) is 0 Å². The number of hydrogen-bond donors (Lipinski definition) is 2. The molecule has 72 valence electrons. The number of benzene rings is 1. The Labute approximate surface area is 79.4 Å². The minimum Gasteiger partial charge on any atom is -0.399 e. The minimum absolute atomic E-state index is 0.609. The lowest BCUT2D eigenvalue weighted by atomic mass is 9.98. The van der Waals surface area contributed by atoms with Crippen LogP contribution in [0.1, 0.15) is 25.8 Å². The molecule has 0 unspecified atom stereocenters. The van der Waals surface area contributed by atoms with E-state index < -0.39 is 5.60 Å². The van der Waals surface area contributed by atoms with Crippen molar-refractivity contribution in [1.82, 2.24) is 0 Å². The first kappa shape index (κ1) is 10.1. The SMILES string of the molecule is CC(C)(O)CCc1ccccc1N. The van der Waals surface area contributed by atoms with Gasteiger partial charge < -0.3 is 10.8 Å². The maximum absolute atomic E-state index is 9.53. The fraction of sp³-hybridized carbons (Fsp3) is 0.455. The van der Waals surface area contributed by atoms with E-state index in [4.69, 9.17) is 5.73 Å². The van der Waals surface area contributed by atoms with Crippen molar-refractivity contribution in [3.8, 4) is 0 Å². The largest absolute Gasteiger partial charge is 0.399 e. The van der Waals surface area contributed by atoms with Crippen molar-refractivity contribution >= 4 is 5.69 Å². The zero-order valence-electron chi connectivity index (χ0n) is 8.25. The summed E-state index contributed by atoms with van der Waals surface area (Å²) in [6, 6.07) is 7.78. The molecule has 13 heavy (non-hydrogen) atoms. The van der Waals surface area contributed by atoms with E-state index in [1.807, 2.05) is 38.1 Å². The average Bonchev–Trinajstić information content (AvgIpc) is 2.01. The minimum atomic E-state index is -0.609. The molecule has 1 aromatic rings. The van der Waals surface area contributed by atoms with Crippen molar-refractivity contribution in [3.05, 3.63) is 29.8 Å². The summed E-state index contributed by atoms with van der Waals surface area (Å²) in [7, 11) is 0. The van der Waals surface area contributed by atoms with Crippen LogP contribution in [0, 0.1) is 0 Å². The topological polar surface area (TPSA) is 46.2 Å². The molecular formula is C11H17NO. The Morgan fingerprint density at radius 3 is 2.46 bits per heavy atom. The van der Waals surface area contributed by atoms with Crippen molar-refractivity contribution in [1.29, 1.82) is 0 Å². The molecule has 0 bridgehead atoms. The Morgan fingerprint density at radius 1 is 1.31 bits per heavy atom. The predicted molar refractivity (Wildman–Crippen MR) is 55.5 cm³/mol. The molecular weight excluding hydrogens is 162 g/mol. The van der Waals surface area contributed by atoms with Crippen molar-refractivity contribution in [2.24, 2.45) is 0 Å². The molecule has 0 radical (unpaired) electrons. The Hall–Kier alpha value is -1.02. The second kappa shape index (κ2) is 3.79. The molecule has 3 N–H and O–H groups in total. The molecule has 1 rings (SSSR count). The molecule has 0 aliphatic heterocycles. The third kappa shape index (κ3) is 3.47. The predicted octanol–water partition coefficient (Wildman–Crippen LogP) is 1.97. The number of hydrogen-bond acceptors (Lipinski definition) is 2. The molecule has 2 heteroatoms. The van der Waals surface area contributed by atoms with Gasteiger partial charge in [-0.3, -0.25) is 0 Å². The molecule has 0 amide bonds. The number of nitrogen functional groups attached to an aromatic ring is 1. The van der Waals surface area contributed by atoms with E-state index in [2.05, 4.69) is 0 Å². The van der Waals surface area contributed by atoms with E-state index in [-0.39, 0.29) is 0 Å². The molecule has 0 spiro atoms. The molecule has 0 aliphatic rings. The van der Waals surface area contributed by atoms with Gasteiger partial charge >= 0.3 is 0 Å². The van der Waals surface area contributed by atoms with Crippen LogP contribution in [-0.2, 0) is 6.42 Å². The van der Waals surface area contributed by atoms with E-state index >= 15 is 0 Å². The highest BCUT2D eigenvalue weighted by molar-refractivity contribution is 5.46. The van der Waals surface area contributed by atoms with Crippen molar-refractivity contribution in [3.63, 3.8) is 0 Å². The Bertz CT molecular complexity index is 276. The maximum atomic E-state index is 9.53. The van der Waals surface area contributed by atoms with Gasteiger partial charge in [0.25, 0.3) is 0 Å². The summed E-state index contributed by atoms with van der Waals surface area (Å²) in [5.41, 5.74) is 7.09. The van der Waals surface area contributed by atoms with Crippen LogP contribution in [-0.4, -0.2) is 10.7 Å². The van der Waals surface area contributed by atoms with Crippen molar-refractivity contribution in [2.75, 3.05) is 5.73 Å². The normalized spacial score (nSPS) is 11.6. The lowest BCUT2D eigenvalue weighted by Crippen LogP contribution is -2.19. The zero-order chi connectivity index (χ0) is 9.90. The van der Waals surface area contributed by atoms with Crippen LogP contribution >= 0.6 is 0 Å². The molecule has 0 heterocycles. The first-order valence-corrected chi connectivity index (χ1v) is 4.55. The Kier molecular flexibility index (Phi) is 2.94. The number of aliphatic hydroxyl groups is 1. The van der Waals surface area contributed by atoms with Crippen LogP contribution in [0.5, 0.6) is 0 Å². The lowest BCUT2D eigenvalue weighted by Gasteiger charge is -2.17. The Balaban J connectivity index is 2.60. The molecule has 0 fully saturated rings. The summed E-state index contributed by atoms with van der Waals surface area (Å²) in [4.78, 5) is 0. The smallest absolute Gasteiger partial charge is 0.0595 e. The molecule has 2 nitrogen and oxygen atoms in total. The van der Waals surface area contributed by atoms with Gasteiger partial charge in [-0.25, -0.2) is 0 Å². The van der Waals surface area contributed by atoms with Gasteiger partial charge in [-0.15, -0.1) is 0 Å². The molecule has 0 saturated heterocycles. The van der Waals surface area contributed by atoms with Gasteiger partial charge in [0.15, 0.2) is 0 Å². The summed E-state index contributed by atoms with van der Waals surface area (Å²) >= 11 is 0. The summed E-state index contributed by atoms with van der Waals surface area (Å²) < 4.78 is 0. The highest BCUT2D eigenvalue weighted by atomic mass is 16.3. The quantitative estimate of drug-likeness (QED) is 0.697. The number of nitrogens with two attached hydrogens (primary N) is 1. The van der Waals surface area contributed by atoms with Crippen LogP contribution < -0.4 is 5.73 Å². The first-order valence-electron chi connectivity index (χ1n) is 4.55. The van der Waals surface area contributed by atoms with E-state index in [0.29, 0.717) is 0 Å². The number of para-hydroxylation sites is 1. The fourth-order valence-corrected chi connectivity index (χ4v) is 1.20. The fourth-order valence-electron chi connectivity index (χ4n) is 1.20. The van der Waals surface area contributed by atoms with Crippen molar-refractivity contribution in [2.45, 2.75) is 32.3 Å². The van der Waals surface area contributed by atoms with Crippen molar-refractivity contribution < 1.29 is 5.11 Å². The van der Waals surface area contributed by atoms with Gasteiger partial charge in [0, 0.05) is 5.69 Å². The summed E-state index contributed by atoms with van der Waals surface area (Å²) in [5, 5.41) is 9.53. The molecule has 0 aromatic heterocycles. The maximum Gasteiger partial charge on any atom is 0.0595 e. The van der Waals surface area contributed by atoms with Crippen LogP contribution in [0.15, 0.2) is 24.3 Å². The highest BCUT2D eigenvalue weighted by Gasteiger charge is 2.12. The van der Waals surface area contributed by atoms with Gasteiger partial charge in [-0.05, 0) is 38.3 Å². The second-order valence-corrected chi connectivity index (χ2v) is 4.01. The lowest BCUT2D eigenvalue weighted by molar-refractivity contribution is 0.0714. The Morgan fingerprint density at radius 2 is 1.92 bits per heavy atom. The number of anilines is 1. The zero-order valence-corrected chi connectivity index (χ0v) is 8.25. The van der Waals surface area contributed by atoms with E-state index in [0.717, 1.165) is 24.1 Å². The molecule has 0 aliphatic carbocycles. The first-order chi connectivity index (χ1) is 5.99. The monoisotopic (exact) mass is 179 g/mol. The second-order valence-electron chi connectivity index (χ2n) is 4.01. The standard InChI is InChI=1S/C11H17NO/c1-11(2,13)8-7-9-5-3-4-6-10(9)12/h3-6,13H,7-8,12H2,1-2H3. The van der Waals surface area contributed by atoms with E-state index in [9.17, 15) is 5.11 Å². The van der Waals surface area contributed by atoms with Crippen LogP contribution in [0.2, 0.25) is 0 Å². The average molecular weight is 179 g/mol. The summed E-state index contributed by atoms with van der Waals surface area (Å²) in [5.74, 6) is 0. The third-order valence-corrected chi connectivity index (χ3v) is 2.06. The summed E-state index contributed by atoms with van der Waals surface area (Å²) in [6.45, 7) is 3.62. The number of rotatable bonds is 3. The van der Waals surface area contributed by atoms with Gasteiger partial charge in [-0.2, -0.15) is 0 Å². The molecule has 0 saturated carbocycles. The van der Waals surface area contributed by atoms with E-state index in [1.165, 1.54) is 0 Å². The van der Waals surface area contributed by atoms with Crippen LogP contribution in [0.3, 0.4) is 0 Å². The van der Waals surface area contributed by atoms with Gasteiger partial charge in [0.05, 0.1) is 5.60 Å². The molecule has 0 atom stereocenters. The van der Waals surface area contributed by atoms with E-state index in [1.54, 1.807) is 0 Å². The third-order valence-electron chi connectivity index (χ3n) is 2.06.